The predicted molar refractivity (Wildman–Crippen MR) is 78.6 cm³/mol. The van der Waals surface area contributed by atoms with Crippen LogP contribution in [0.25, 0.3) is 0 Å². The first-order valence-electron chi connectivity index (χ1n) is 7.66. The van der Waals surface area contributed by atoms with Gasteiger partial charge >= 0.3 is 0 Å². The fourth-order valence-corrected chi connectivity index (χ4v) is 2.69. The Morgan fingerprint density at radius 3 is 2.65 bits per heavy atom. The lowest BCUT2D eigenvalue weighted by atomic mass is 10.1. The molecule has 1 atom stereocenters. The Kier molecular flexibility index (Phi) is 7.47. The van der Waals surface area contributed by atoms with Gasteiger partial charge in [0.05, 0.1) is 12.2 Å². The normalized spacial score (nSPS) is 21.2. The average molecular weight is 281 g/mol. The van der Waals surface area contributed by atoms with Gasteiger partial charge in [0, 0.05) is 13.0 Å². The van der Waals surface area contributed by atoms with Crippen LogP contribution in [0.4, 0.5) is 0 Å². The van der Waals surface area contributed by atoms with E-state index in [1.54, 1.807) is 6.20 Å². The number of quaternary nitrogens is 1. The minimum Gasteiger partial charge on any atom is -0.544 e. The minimum absolute atomic E-state index is 0.0671. The fourth-order valence-electron chi connectivity index (χ4n) is 2.69. The van der Waals surface area contributed by atoms with Crippen molar-refractivity contribution in [1.29, 1.82) is 0 Å². The molecule has 0 bridgehead atoms. The Balaban J connectivity index is 2.44. The number of carbonyl (C=O) groups is 1. The molecule has 5 heteroatoms. The van der Waals surface area contributed by atoms with Crippen LogP contribution in [0.1, 0.15) is 51.9 Å². The lowest BCUT2D eigenvalue weighted by molar-refractivity contribution is -0.780. The van der Waals surface area contributed by atoms with Crippen LogP contribution < -0.4 is 10.8 Å². The van der Waals surface area contributed by atoms with Gasteiger partial charge in [-0.3, -0.25) is 0 Å². The quantitative estimate of drug-likeness (QED) is 0.456. The van der Waals surface area contributed by atoms with E-state index in [0.29, 0.717) is 13.1 Å². The number of amidine groups is 1. The number of hydrogen-bond acceptors (Lipinski definition) is 4. The molecule has 0 spiro atoms. The number of aliphatic imine (C=N–C) groups is 1. The number of hydrogen-bond donors (Lipinski definition) is 1. The third-order valence-corrected chi connectivity index (χ3v) is 3.78. The van der Waals surface area contributed by atoms with Crippen molar-refractivity contribution in [1.82, 2.24) is 0 Å². The first kappa shape index (κ1) is 16.9. The molecule has 1 aliphatic rings. The summed E-state index contributed by atoms with van der Waals surface area (Å²) in [4.78, 5) is 15.3. The van der Waals surface area contributed by atoms with Crippen molar-refractivity contribution >= 4 is 11.8 Å². The molecule has 114 valence electrons. The number of carboxylic acid groups (broad SMARTS) is 1. The van der Waals surface area contributed by atoms with Crippen LogP contribution in [0.2, 0.25) is 0 Å². The summed E-state index contributed by atoms with van der Waals surface area (Å²) in [6.07, 6.45) is 11.7. The second kappa shape index (κ2) is 8.87. The summed E-state index contributed by atoms with van der Waals surface area (Å²) in [5.74, 6) is -0.143. The standard InChI is InChI=1S/C15H27N3O2/c1-2-3-4-5-6-7-8-14-17-10-12-18(14,11-9-16)13-15(19)20/h10,12H,2-9,11,13,16H2,1H3. The van der Waals surface area contributed by atoms with Gasteiger partial charge in [-0.25, -0.2) is 9.48 Å². The minimum atomic E-state index is -1.05. The summed E-state index contributed by atoms with van der Waals surface area (Å²) in [5.41, 5.74) is 5.62. The van der Waals surface area contributed by atoms with Gasteiger partial charge in [-0.2, -0.15) is 0 Å². The van der Waals surface area contributed by atoms with Crippen LogP contribution in [0.5, 0.6) is 0 Å². The van der Waals surface area contributed by atoms with Gasteiger partial charge in [-0.05, 0) is 6.42 Å². The highest BCUT2D eigenvalue weighted by atomic mass is 16.4. The number of nitrogens with zero attached hydrogens (tertiary/aromatic N) is 2. The molecule has 0 radical (unpaired) electrons. The highest BCUT2D eigenvalue weighted by molar-refractivity contribution is 5.80. The SMILES string of the molecule is CCCCCCCCC1=NC=C[N+]1(CCN)CC(=O)[O-]. The maximum absolute atomic E-state index is 11.0. The summed E-state index contributed by atoms with van der Waals surface area (Å²) >= 11 is 0. The Bertz CT molecular complexity index is 366. The molecule has 0 saturated carbocycles. The van der Waals surface area contributed by atoms with Gasteiger partial charge in [0.1, 0.15) is 19.3 Å². The van der Waals surface area contributed by atoms with Crippen molar-refractivity contribution in [3.05, 3.63) is 12.4 Å². The number of nitrogens with two attached hydrogens (primary N) is 1. The predicted octanol–water partition coefficient (Wildman–Crippen LogP) is 1.15. The number of aliphatic carboxylic acids is 1. The van der Waals surface area contributed by atoms with Gasteiger partial charge in [-0.1, -0.05) is 39.0 Å². The maximum atomic E-state index is 11.0. The number of unbranched alkanes of at least 4 members (excludes halogenated alkanes) is 5. The van der Waals surface area contributed by atoms with E-state index in [9.17, 15) is 9.90 Å². The van der Waals surface area contributed by atoms with Crippen molar-refractivity contribution < 1.29 is 14.4 Å². The third-order valence-electron chi connectivity index (χ3n) is 3.78. The number of rotatable bonds is 11. The topological polar surface area (TPSA) is 78.5 Å². The van der Waals surface area contributed by atoms with Gasteiger partial charge in [0.25, 0.3) is 0 Å². The second-order valence-corrected chi connectivity index (χ2v) is 5.44. The molecule has 1 rings (SSSR count). The van der Waals surface area contributed by atoms with Gasteiger partial charge < -0.3 is 15.6 Å². The van der Waals surface area contributed by atoms with Crippen LogP contribution in [0, 0.1) is 0 Å². The van der Waals surface area contributed by atoms with Crippen molar-refractivity contribution in [2.45, 2.75) is 51.9 Å². The Labute approximate surface area is 121 Å². The molecule has 0 fully saturated rings. The molecule has 1 aliphatic heterocycles. The van der Waals surface area contributed by atoms with Crippen molar-refractivity contribution in [2.75, 3.05) is 19.6 Å². The third kappa shape index (κ3) is 5.06. The van der Waals surface area contributed by atoms with E-state index in [2.05, 4.69) is 11.9 Å². The molecule has 2 N–H and O–H groups in total. The summed E-state index contributed by atoms with van der Waals surface area (Å²) in [5, 5.41) is 11.0. The van der Waals surface area contributed by atoms with E-state index in [4.69, 9.17) is 5.73 Å². The first-order valence-corrected chi connectivity index (χ1v) is 7.66. The van der Waals surface area contributed by atoms with E-state index >= 15 is 0 Å². The average Bonchev–Trinajstić information content (AvgIpc) is 2.76. The van der Waals surface area contributed by atoms with Crippen LogP contribution in [-0.4, -0.2) is 35.9 Å². The molecule has 1 unspecified atom stereocenters. The van der Waals surface area contributed by atoms with E-state index in [-0.39, 0.29) is 11.0 Å². The molecular weight excluding hydrogens is 254 g/mol. The molecule has 0 aliphatic carbocycles. The van der Waals surface area contributed by atoms with Crippen LogP contribution in [-0.2, 0) is 4.79 Å². The molecule has 5 nitrogen and oxygen atoms in total. The molecule has 0 amide bonds. The van der Waals surface area contributed by atoms with Gasteiger partial charge in [0.2, 0.25) is 5.84 Å². The Morgan fingerprint density at radius 1 is 1.30 bits per heavy atom. The zero-order valence-corrected chi connectivity index (χ0v) is 12.5. The molecule has 20 heavy (non-hydrogen) atoms. The van der Waals surface area contributed by atoms with E-state index in [1.807, 2.05) is 6.20 Å². The van der Waals surface area contributed by atoms with E-state index in [1.165, 1.54) is 32.1 Å². The molecule has 0 saturated heterocycles. The molecule has 0 aromatic carbocycles. The first-order chi connectivity index (χ1) is 9.64. The number of carboxylic acids is 1. The zero-order chi connectivity index (χ0) is 14.8. The van der Waals surface area contributed by atoms with Crippen molar-refractivity contribution in [3.8, 4) is 0 Å². The van der Waals surface area contributed by atoms with Crippen LogP contribution in [0.15, 0.2) is 17.4 Å². The fraction of sp³-hybridized carbons (Fsp3) is 0.733. The van der Waals surface area contributed by atoms with Gasteiger partial charge in [-0.15, -0.1) is 0 Å². The highest BCUT2D eigenvalue weighted by Gasteiger charge is 2.34. The largest absolute Gasteiger partial charge is 0.544 e. The molecule has 0 aromatic rings. The maximum Gasteiger partial charge on any atom is 0.207 e. The highest BCUT2D eigenvalue weighted by Crippen LogP contribution is 2.20. The lowest BCUT2D eigenvalue weighted by Gasteiger charge is -2.32. The van der Waals surface area contributed by atoms with Crippen molar-refractivity contribution in [3.63, 3.8) is 0 Å². The second-order valence-electron chi connectivity index (χ2n) is 5.44. The Morgan fingerprint density at radius 2 is 2.00 bits per heavy atom. The summed E-state index contributed by atoms with van der Waals surface area (Å²) in [7, 11) is 0. The van der Waals surface area contributed by atoms with E-state index < -0.39 is 5.97 Å². The Hall–Kier alpha value is -1.20. The smallest absolute Gasteiger partial charge is 0.207 e. The summed E-state index contributed by atoms with van der Waals surface area (Å²) < 4.78 is 0.244. The number of carbonyl (C=O) groups excluding carboxylic acids is 1. The van der Waals surface area contributed by atoms with Crippen molar-refractivity contribution in [2.24, 2.45) is 10.7 Å². The monoisotopic (exact) mass is 281 g/mol. The molecular formula is C15H27N3O2. The van der Waals surface area contributed by atoms with Crippen LogP contribution in [0.3, 0.4) is 0 Å². The molecule has 0 aromatic heterocycles. The van der Waals surface area contributed by atoms with Crippen LogP contribution >= 0.6 is 0 Å². The van der Waals surface area contributed by atoms with E-state index in [0.717, 1.165) is 18.7 Å². The van der Waals surface area contributed by atoms with Gasteiger partial charge in [0.15, 0.2) is 0 Å². The molecule has 1 heterocycles. The zero-order valence-electron chi connectivity index (χ0n) is 12.5. The lowest BCUT2D eigenvalue weighted by Crippen LogP contribution is -2.55. The summed E-state index contributed by atoms with van der Waals surface area (Å²) in [6, 6.07) is 0. The summed E-state index contributed by atoms with van der Waals surface area (Å²) in [6.45, 7) is 3.15.